The van der Waals surface area contributed by atoms with Gasteiger partial charge in [-0.15, -0.1) is 10.2 Å². The first-order valence-electron chi connectivity index (χ1n) is 15.8. The number of para-hydroxylation sites is 1. The Labute approximate surface area is 323 Å². The van der Waals surface area contributed by atoms with E-state index in [9.17, 15) is 43.7 Å². The maximum atomic E-state index is 13.7. The first-order valence-corrected chi connectivity index (χ1v) is 20.2. The minimum Gasteiger partial charge on any atom is -0.399 e. The van der Waals surface area contributed by atoms with E-state index in [4.69, 9.17) is 17.2 Å². The number of nitrogens with two attached hydrogens (primary N) is 3. The first kappa shape index (κ1) is 39.8. The quantitative estimate of drug-likeness (QED) is 0.0309. The Morgan fingerprint density at radius 2 is 1.26 bits per heavy atom. The normalized spacial score (nSPS) is 14.2. The Bertz CT molecular complexity index is 2920. The minimum absolute atomic E-state index is 0.115. The van der Waals surface area contributed by atoms with Crippen LogP contribution < -0.4 is 27.9 Å². The van der Waals surface area contributed by atoms with Crippen LogP contribution in [0.15, 0.2) is 137 Å². The van der Waals surface area contributed by atoms with Crippen LogP contribution in [0.3, 0.4) is 0 Å². The summed E-state index contributed by atoms with van der Waals surface area (Å²) < 4.78 is 104. The van der Waals surface area contributed by atoms with Crippen LogP contribution in [0.5, 0.6) is 0 Å². The Morgan fingerprint density at radius 1 is 0.614 bits per heavy atom. The molecule has 0 atom stereocenters. The van der Waals surface area contributed by atoms with Gasteiger partial charge in [-0.25, -0.2) is 0 Å². The highest BCUT2D eigenvalue weighted by Gasteiger charge is 2.37. The van der Waals surface area contributed by atoms with Crippen molar-refractivity contribution in [3.63, 3.8) is 0 Å². The van der Waals surface area contributed by atoms with Gasteiger partial charge in [0, 0.05) is 11.4 Å². The van der Waals surface area contributed by atoms with Crippen LogP contribution >= 0.6 is 0 Å². The maximum absolute atomic E-state index is 13.7. The SMILES string of the molecule is Nc1ccc(N=Nc2ccc(Nc3ccc(N=Nc4c(S(=O)(=O)O)cc5c(c4N)C(=O)C(=NNc4ccccc4)C(S(=O)(=O)O)=C5)cc3S(=O)(=O)O)cc2)c(N)c1. The van der Waals surface area contributed by atoms with Crippen molar-refractivity contribution in [1.82, 2.24) is 0 Å². The molecule has 0 fully saturated rings. The lowest BCUT2D eigenvalue weighted by molar-refractivity contribution is 0.106. The zero-order chi connectivity index (χ0) is 41.3. The van der Waals surface area contributed by atoms with Crippen LogP contribution in [-0.2, 0) is 30.4 Å². The molecule has 23 heteroatoms. The molecule has 57 heavy (non-hydrogen) atoms. The van der Waals surface area contributed by atoms with Gasteiger partial charge in [-0.1, -0.05) is 18.2 Å². The van der Waals surface area contributed by atoms with Gasteiger partial charge in [-0.2, -0.15) is 40.6 Å². The van der Waals surface area contributed by atoms with Crippen molar-refractivity contribution in [2.24, 2.45) is 25.6 Å². The minimum atomic E-state index is -5.22. The second-order valence-corrected chi connectivity index (χ2v) is 16.0. The van der Waals surface area contributed by atoms with E-state index < -0.39 is 79.0 Å². The van der Waals surface area contributed by atoms with Gasteiger partial charge in [0.15, 0.2) is 5.71 Å². The van der Waals surface area contributed by atoms with Gasteiger partial charge < -0.3 is 22.5 Å². The molecule has 292 valence electrons. The van der Waals surface area contributed by atoms with Crippen LogP contribution in [0.4, 0.5) is 56.9 Å². The number of Topliss-reactive ketones (excluding diaryl/α,β-unsaturated/α-hetero) is 1. The zero-order valence-corrected chi connectivity index (χ0v) is 31.2. The lowest BCUT2D eigenvalue weighted by Gasteiger charge is -2.20. The van der Waals surface area contributed by atoms with Gasteiger partial charge in [0.25, 0.3) is 30.4 Å². The Kier molecular flexibility index (Phi) is 10.7. The molecule has 0 aliphatic heterocycles. The fourth-order valence-corrected chi connectivity index (χ4v) is 7.27. The third kappa shape index (κ3) is 8.99. The summed E-state index contributed by atoms with van der Waals surface area (Å²) in [5.41, 5.74) is 18.9. The van der Waals surface area contributed by atoms with E-state index in [1.807, 2.05) is 0 Å². The van der Waals surface area contributed by atoms with Gasteiger partial charge in [-0.3, -0.25) is 23.9 Å². The topological polar surface area (TPSA) is 344 Å². The van der Waals surface area contributed by atoms with E-state index in [0.717, 1.165) is 12.1 Å². The lowest BCUT2D eigenvalue weighted by Crippen LogP contribution is -2.28. The number of hydrogen-bond donors (Lipinski definition) is 8. The van der Waals surface area contributed by atoms with Crippen molar-refractivity contribution >= 4 is 105 Å². The second-order valence-electron chi connectivity index (χ2n) is 11.9. The Balaban J connectivity index is 1.34. The molecule has 0 spiro atoms. The number of nitrogens with one attached hydrogen (secondary N) is 2. The number of anilines is 6. The molecule has 0 heterocycles. The summed E-state index contributed by atoms with van der Waals surface area (Å²) in [6, 6.07) is 22.9. The van der Waals surface area contributed by atoms with Crippen molar-refractivity contribution < 1.29 is 43.7 Å². The number of nitrogens with zero attached hydrogens (tertiary/aromatic N) is 5. The zero-order valence-electron chi connectivity index (χ0n) is 28.7. The molecule has 0 saturated carbocycles. The summed E-state index contributed by atoms with van der Waals surface area (Å²) in [5.74, 6) is -1.19. The van der Waals surface area contributed by atoms with Gasteiger partial charge in [0.1, 0.15) is 26.1 Å². The molecule has 0 aromatic heterocycles. The number of carbonyl (C=O) groups is 1. The number of hydrazone groups is 1. The van der Waals surface area contributed by atoms with Crippen molar-refractivity contribution in [1.29, 1.82) is 0 Å². The van der Waals surface area contributed by atoms with Crippen LogP contribution in [0.2, 0.25) is 0 Å². The largest absolute Gasteiger partial charge is 0.399 e. The van der Waals surface area contributed by atoms with Crippen LogP contribution in [0, 0.1) is 0 Å². The Hall–Kier alpha value is -6.89. The van der Waals surface area contributed by atoms with Crippen molar-refractivity contribution in [2.75, 3.05) is 27.9 Å². The molecule has 0 saturated heterocycles. The predicted molar refractivity (Wildman–Crippen MR) is 212 cm³/mol. The summed E-state index contributed by atoms with van der Waals surface area (Å²) in [6.07, 6.45) is 0.725. The molecule has 0 radical (unpaired) electrons. The number of allylic oxidation sites excluding steroid dienone is 1. The Morgan fingerprint density at radius 3 is 1.89 bits per heavy atom. The van der Waals surface area contributed by atoms with Gasteiger partial charge >= 0.3 is 0 Å². The van der Waals surface area contributed by atoms with Gasteiger partial charge in [0.2, 0.25) is 5.78 Å². The summed E-state index contributed by atoms with van der Waals surface area (Å²) in [4.78, 5) is 11.0. The van der Waals surface area contributed by atoms with Crippen LogP contribution in [0.1, 0.15) is 15.9 Å². The van der Waals surface area contributed by atoms with E-state index >= 15 is 0 Å². The second kappa shape index (κ2) is 15.3. The fourth-order valence-electron chi connectivity index (χ4n) is 5.27. The maximum Gasteiger partial charge on any atom is 0.296 e. The number of hydrogen-bond acceptors (Lipinski definition) is 17. The molecule has 6 rings (SSSR count). The molecule has 0 bridgehead atoms. The van der Waals surface area contributed by atoms with Crippen molar-refractivity contribution in [3.8, 4) is 0 Å². The standard InChI is InChI=1S/C34H28N10O10S3/c35-19-6-12-25(24(36)16-19)42-39-22-9-7-20(8-10-22)38-26-13-11-23(17-27(26)55(46,47)48)41-43-32-28(56(49,50)51)14-18-15-29(57(52,53)54)33(34(45)30(18)31(32)37)44-40-21-4-2-1-3-5-21/h1-17,38,40H,35-37H2,(H,46,47,48)(H,49,50,51)(H,52,53,54). The average molecular weight is 833 g/mol. The summed E-state index contributed by atoms with van der Waals surface area (Å²) in [6.45, 7) is 0. The highest BCUT2D eigenvalue weighted by molar-refractivity contribution is 7.91. The van der Waals surface area contributed by atoms with E-state index in [1.54, 1.807) is 54.6 Å². The highest BCUT2D eigenvalue weighted by atomic mass is 32.2. The first-order chi connectivity index (χ1) is 26.8. The molecule has 5 aromatic carbocycles. The molecular weight excluding hydrogens is 805 g/mol. The molecule has 5 aromatic rings. The molecule has 20 nitrogen and oxygen atoms in total. The lowest BCUT2D eigenvalue weighted by atomic mass is 9.92. The number of fused-ring (bicyclic) bond motifs is 1. The summed E-state index contributed by atoms with van der Waals surface area (Å²) in [5, 5.41) is 22.5. The van der Waals surface area contributed by atoms with E-state index in [1.165, 1.54) is 30.3 Å². The number of nitrogen functional groups attached to an aromatic ring is 3. The van der Waals surface area contributed by atoms with E-state index in [2.05, 4.69) is 36.3 Å². The van der Waals surface area contributed by atoms with Crippen LogP contribution in [-0.4, -0.2) is 50.4 Å². The third-order valence-electron chi connectivity index (χ3n) is 7.90. The third-order valence-corrected chi connectivity index (χ3v) is 10.5. The fraction of sp³-hybridized carbons (Fsp3) is 0. The molecule has 0 amide bonds. The van der Waals surface area contributed by atoms with Crippen molar-refractivity contribution in [2.45, 2.75) is 9.79 Å². The number of carbonyl (C=O) groups excluding carboxylic acids is 1. The molecule has 1 aliphatic rings. The molecule has 0 unspecified atom stereocenters. The molecular formula is C34H28N10O10S3. The molecule has 1 aliphatic carbocycles. The predicted octanol–water partition coefficient (Wildman–Crippen LogP) is 6.39. The smallest absolute Gasteiger partial charge is 0.296 e. The number of azo groups is 2. The van der Waals surface area contributed by atoms with E-state index in [0.29, 0.717) is 40.2 Å². The highest BCUT2D eigenvalue weighted by Crippen LogP contribution is 2.41. The summed E-state index contributed by atoms with van der Waals surface area (Å²) >= 11 is 0. The monoisotopic (exact) mass is 832 g/mol. The molecule has 11 N–H and O–H groups in total. The number of rotatable bonds is 11. The van der Waals surface area contributed by atoms with Crippen molar-refractivity contribution in [3.05, 3.63) is 113 Å². The van der Waals surface area contributed by atoms with Gasteiger partial charge in [0.05, 0.1) is 39.7 Å². The summed E-state index contributed by atoms with van der Waals surface area (Å²) in [7, 11) is -15.3. The number of ketones is 1. The van der Waals surface area contributed by atoms with Crippen LogP contribution in [0.25, 0.3) is 6.08 Å². The van der Waals surface area contributed by atoms with Gasteiger partial charge in [-0.05, 0) is 90.5 Å². The number of benzene rings is 5. The average Bonchev–Trinajstić information content (AvgIpc) is 3.13. The van der Waals surface area contributed by atoms with E-state index in [-0.39, 0.29) is 11.4 Å².